The van der Waals surface area contributed by atoms with E-state index in [0.717, 1.165) is 12.1 Å². The molecule has 1 aromatic rings. The van der Waals surface area contributed by atoms with Gasteiger partial charge in [-0.2, -0.15) is 13.2 Å². The molecule has 0 aliphatic rings. The van der Waals surface area contributed by atoms with Crippen molar-refractivity contribution >= 4 is 0 Å². The summed E-state index contributed by atoms with van der Waals surface area (Å²) in [5.74, 6) is -0.373. The van der Waals surface area contributed by atoms with Gasteiger partial charge in [-0.1, -0.05) is 6.07 Å². The van der Waals surface area contributed by atoms with Gasteiger partial charge in [0.2, 0.25) is 0 Å². The highest BCUT2D eigenvalue weighted by Crippen LogP contribution is 2.36. The molecule has 0 saturated heterocycles. The van der Waals surface area contributed by atoms with Crippen molar-refractivity contribution in [1.29, 1.82) is 0 Å². The van der Waals surface area contributed by atoms with Crippen molar-refractivity contribution in [1.82, 2.24) is 0 Å². The maximum Gasteiger partial charge on any atom is 0.419 e. The van der Waals surface area contributed by atoms with E-state index in [0.29, 0.717) is 5.56 Å². The molecule has 0 aliphatic carbocycles. The summed E-state index contributed by atoms with van der Waals surface area (Å²) in [5.41, 5.74) is 4.66. The van der Waals surface area contributed by atoms with Gasteiger partial charge in [-0.3, -0.25) is 0 Å². The third-order valence-corrected chi connectivity index (χ3v) is 1.92. The average molecular weight is 237 g/mol. The number of hydrogen-bond acceptors (Lipinski definition) is 2. The lowest BCUT2D eigenvalue weighted by Crippen LogP contribution is -2.11. The van der Waals surface area contributed by atoms with Crippen molar-refractivity contribution in [2.24, 2.45) is 5.73 Å². The normalized spacial score (nSPS) is 11.6. The third kappa shape index (κ3) is 3.10. The minimum atomic E-state index is -4.53. The van der Waals surface area contributed by atoms with Crippen LogP contribution in [0.5, 0.6) is 5.75 Å². The van der Waals surface area contributed by atoms with Gasteiger partial charge in [-0.25, -0.2) is 4.39 Å². The molecule has 0 aromatic heterocycles. The van der Waals surface area contributed by atoms with Crippen LogP contribution in [-0.4, -0.2) is 13.3 Å². The summed E-state index contributed by atoms with van der Waals surface area (Å²) < 4.78 is 54.2. The number of alkyl halides is 4. The van der Waals surface area contributed by atoms with E-state index in [2.05, 4.69) is 4.74 Å². The number of rotatable bonds is 4. The van der Waals surface area contributed by atoms with E-state index >= 15 is 0 Å². The maximum absolute atomic E-state index is 12.6. The first-order chi connectivity index (χ1) is 7.49. The van der Waals surface area contributed by atoms with Gasteiger partial charge < -0.3 is 10.5 Å². The van der Waals surface area contributed by atoms with E-state index in [1.165, 1.54) is 6.07 Å². The van der Waals surface area contributed by atoms with Crippen molar-refractivity contribution in [3.63, 3.8) is 0 Å². The maximum atomic E-state index is 12.6. The third-order valence-electron chi connectivity index (χ3n) is 1.92. The molecule has 0 bridgehead atoms. The summed E-state index contributed by atoms with van der Waals surface area (Å²) in [7, 11) is 0. The van der Waals surface area contributed by atoms with Crippen LogP contribution in [-0.2, 0) is 12.7 Å². The Morgan fingerprint density at radius 1 is 1.25 bits per heavy atom. The molecule has 16 heavy (non-hydrogen) atoms. The Kier molecular flexibility index (Phi) is 4.12. The van der Waals surface area contributed by atoms with Gasteiger partial charge in [0.05, 0.1) is 5.56 Å². The Hall–Kier alpha value is -1.30. The number of halogens is 4. The molecule has 90 valence electrons. The predicted molar refractivity (Wildman–Crippen MR) is 50.8 cm³/mol. The summed E-state index contributed by atoms with van der Waals surface area (Å²) in [6, 6.07) is 3.48. The molecular formula is C10H11F4NO. The first-order valence-corrected chi connectivity index (χ1v) is 4.58. The van der Waals surface area contributed by atoms with Gasteiger partial charge in [0.1, 0.15) is 19.0 Å². The zero-order valence-corrected chi connectivity index (χ0v) is 8.35. The standard InChI is InChI=1S/C10H11F4NO/c11-3-4-16-9-2-1-7(6-15)5-8(9)10(12,13)14/h1-2,5H,3-4,6,15H2. The van der Waals surface area contributed by atoms with E-state index in [1.54, 1.807) is 0 Å². The molecule has 2 nitrogen and oxygen atoms in total. The molecule has 0 heterocycles. The van der Waals surface area contributed by atoms with Crippen molar-refractivity contribution in [2.75, 3.05) is 13.3 Å². The second kappa shape index (κ2) is 5.16. The monoisotopic (exact) mass is 237 g/mol. The van der Waals surface area contributed by atoms with Crippen LogP contribution in [0.2, 0.25) is 0 Å². The summed E-state index contributed by atoms with van der Waals surface area (Å²) in [6.07, 6.45) is -4.53. The molecule has 0 amide bonds. The molecule has 6 heteroatoms. The fourth-order valence-corrected chi connectivity index (χ4v) is 1.20. The fraction of sp³-hybridized carbons (Fsp3) is 0.400. The van der Waals surface area contributed by atoms with Crippen LogP contribution in [0.4, 0.5) is 17.6 Å². The molecule has 1 rings (SSSR count). The first-order valence-electron chi connectivity index (χ1n) is 4.58. The molecular weight excluding hydrogens is 226 g/mol. The highest BCUT2D eigenvalue weighted by Gasteiger charge is 2.34. The van der Waals surface area contributed by atoms with Crippen LogP contribution < -0.4 is 10.5 Å². The lowest BCUT2D eigenvalue weighted by molar-refractivity contribution is -0.139. The van der Waals surface area contributed by atoms with Crippen molar-refractivity contribution in [2.45, 2.75) is 12.7 Å². The molecule has 0 atom stereocenters. The topological polar surface area (TPSA) is 35.2 Å². The van der Waals surface area contributed by atoms with Gasteiger partial charge >= 0.3 is 6.18 Å². The number of benzene rings is 1. The Bertz CT molecular complexity index is 351. The molecule has 0 spiro atoms. The Balaban J connectivity index is 3.06. The summed E-state index contributed by atoms with van der Waals surface area (Å²) in [6.45, 7) is -1.23. The zero-order valence-electron chi connectivity index (χ0n) is 8.35. The van der Waals surface area contributed by atoms with Gasteiger partial charge in [0.25, 0.3) is 0 Å². The molecule has 0 unspecified atom stereocenters. The van der Waals surface area contributed by atoms with Gasteiger partial charge in [0.15, 0.2) is 0 Å². The van der Waals surface area contributed by atoms with Gasteiger partial charge in [-0.15, -0.1) is 0 Å². The van der Waals surface area contributed by atoms with Gasteiger partial charge in [-0.05, 0) is 17.7 Å². The quantitative estimate of drug-likeness (QED) is 0.816. The fourth-order valence-electron chi connectivity index (χ4n) is 1.20. The Morgan fingerprint density at radius 3 is 2.44 bits per heavy atom. The van der Waals surface area contributed by atoms with E-state index in [9.17, 15) is 17.6 Å². The van der Waals surface area contributed by atoms with Crippen molar-refractivity contribution in [3.8, 4) is 5.75 Å². The number of nitrogens with two attached hydrogens (primary N) is 1. The molecule has 0 radical (unpaired) electrons. The van der Waals surface area contributed by atoms with Gasteiger partial charge in [0, 0.05) is 6.54 Å². The van der Waals surface area contributed by atoms with E-state index in [1.807, 2.05) is 0 Å². The SMILES string of the molecule is NCc1ccc(OCCF)c(C(F)(F)F)c1. The molecule has 0 fully saturated rings. The van der Waals surface area contributed by atoms with Crippen LogP contribution in [0, 0.1) is 0 Å². The highest BCUT2D eigenvalue weighted by atomic mass is 19.4. The minimum absolute atomic E-state index is 0.00642. The van der Waals surface area contributed by atoms with E-state index in [4.69, 9.17) is 5.73 Å². The van der Waals surface area contributed by atoms with E-state index < -0.39 is 25.0 Å². The molecule has 0 saturated carbocycles. The second-order valence-corrected chi connectivity index (χ2v) is 3.07. The summed E-state index contributed by atoms with van der Waals surface area (Å²) in [5, 5.41) is 0. The minimum Gasteiger partial charge on any atom is -0.490 e. The van der Waals surface area contributed by atoms with E-state index in [-0.39, 0.29) is 12.3 Å². The van der Waals surface area contributed by atoms with Crippen LogP contribution in [0.1, 0.15) is 11.1 Å². The Morgan fingerprint density at radius 2 is 1.94 bits per heavy atom. The highest BCUT2D eigenvalue weighted by molar-refractivity contribution is 5.39. The summed E-state index contributed by atoms with van der Waals surface area (Å²) >= 11 is 0. The molecule has 0 aliphatic heterocycles. The Labute approximate surface area is 90.0 Å². The smallest absolute Gasteiger partial charge is 0.419 e. The largest absolute Gasteiger partial charge is 0.490 e. The average Bonchev–Trinajstić information content (AvgIpc) is 2.25. The first kappa shape index (κ1) is 12.8. The lowest BCUT2D eigenvalue weighted by atomic mass is 10.1. The van der Waals surface area contributed by atoms with Crippen molar-refractivity contribution < 1.29 is 22.3 Å². The lowest BCUT2D eigenvalue weighted by Gasteiger charge is -2.14. The van der Waals surface area contributed by atoms with Crippen LogP contribution in [0.25, 0.3) is 0 Å². The second-order valence-electron chi connectivity index (χ2n) is 3.07. The predicted octanol–water partition coefficient (Wildman–Crippen LogP) is 2.51. The number of ether oxygens (including phenoxy) is 1. The zero-order chi connectivity index (χ0) is 12.2. The van der Waals surface area contributed by atoms with Crippen molar-refractivity contribution in [3.05, 3.63) is 29.3 Å². The van der Waals surface area contributed by atoms with Crippen LogP contribution in [0.3, 0.4) is 0 Å². The molecule has 2 N–H and O–H groups in total. The van der Waals surface area contributed by atoms with Crippen LogP contribution >= 0.6 is 0 Å². The number of hydrogen-bond donors (Lipinski definition) is 1. The van der Waals surface area contributed by atoms with Crippen LogP contribution in [0.15, 0.2) is 18.2 Å². The summed E-state index contributed by atoms with van der Waals surface area (Å²) in [4.78, 5) is 0. The molecule has 1 aromatic carbocycles.